The molecule has 1 N–H and O–H groups in total. The summed E-state index contributed by atoms with van der Waals surface area (Å²) in [6, 6.07) is 34.3. The Morgan fingerprint density at radius 3 is 1.89 bits per heavy atom. The van der Waals surface area contributed by atoms with Crippen molar-refractivity contribution in [2.75, 3.05) is 0 Å². The van der Waals surface area contributed by atoms with E-state index in [2.05, 4.69) is 102 Å². The van der Waals surface area contributed by atoms with Crippen LogP contribution in [0.3, 0.4) is 0 Å². The summed E-state index contributed by atoms with van der Waals surface area (Å²) in [6.45, 7) is 4.00. The van der Waals surface area contributed by atoms with Crippen LogP contribution in [0, 0.1) is 0 Å². The summed E-state index contributed by atoms with van der Waals surface area (Å²) >= 11 is 0. The van der Waals surface area contributed by atoms with E-state index in [0.29, 0.717) is 0 Å². The van der Waals surface area contributed by atoms with E-state index in [-0.39, 0.29) is 0 Å². The highest BCUT2D eigenvalue weighted by Gasteiger charge is 2.10. The van der Waals surface area contributed by atoms with Gasteiger partial charge in [-0.3, -0.25) is 0 Å². The minimum atomic E-state index is 1.18. The highest BCUT2D eigenvalue weighted by atomic mass is 14.7. The van der Waals surface area contributed by atoms with Crippen molar-refractivity contribution < 1.29 is 0 Å². The minimum Gasteiger partial charge on any atom is -0.354 e. The lowest BCUT2D eigenvalue weighted by Crippen LogP contribution is -1.79. The van der Waals surface area contributed by atoms with Crippen molar-refractivity contribution >= 4 is 21.8 Å². The van der Waals surface area contributed by atoms with E-state index in [1.54, 1.807) is 0 Å². The van der Waals surface area contributed by atoms with Gasteiger partial charge < -0.3 is 4.98 Å². The Kier molecular flexibility index (Phi) is 4.76. The van der Waals surface area contributed by atoms with Crippen LogP contribution in [0.25, 0.3) is 44.1 Å². The number of hydrogen-bond acceptors (Lipinski definition) is 0. The number of benzene rings is 4. The smallest absolute Gasteiger partial charge is 0.0471 e. The third-order valence-electron chi connectivity index (χ3n) is 4.81. The number of H-pyrrole nitrogens is 1. The van der Waals surface area contributed by atoms with Crippen LogP contribution in [0.4, 0.5) is 0 Å². The molecule has 1 heteroatoms. The van der Waals surface area contributed by atoms with Gasteiger partial charge in [0, 0.05) is 21.8 Å². The molecule has 0 fully saturated rings. The summed E-state index contributed by atoms with van der Waals surface area (Å²) in [4.78, 5) is 3.60. The fourth-order valence-corrected chi connectivity index (χ4v) is 3.63. The Balaban J connectivity index is 0.000000872. The lowest BCUT2D eigenvalue weighted by atomic mass is 9.98. The number of rotatable bonds is 2. The molecule has 0 aliphatic heterocycles. The standard InChI is InChI=1S/C24H17N.C2H6/c1-3-8-17(9-4-1)19-14-15-21-23(16-19)25-22-13-7-12-20(24(21)22)18-10-5-2-6-11-18;1-2/h1-16,25H;1-2H3. The average Bonchev–Trinajstić information content (AvgIpc) is 3.14. The predicted octanol–water partition coefficient (Wildman–Crippen LogP) is 7.68. The number of aromatic amines is 1. The van der Waals surface area contributed by atoms with Gasteiger partial charge in [-0.15, -0.1) is 0 Å². The molecule has 0 aliphatic rings. The molecule has 0 saturated carbocycles. The molecule has 5 rings (SSSR count). The van der Waals surface area contributed by atoms with E-state index in [0.717, 1.165) is 0 Å². The second-order valence-corrected chi connectivity index (χ2v) is 6.35. The van der Waals surface area contributed by atoms with Gasteiger partial charge in [0.2, 0.25) is 0 Å². The van der Waals surface area contributed by atoms with Crippen molar-refractivity contribution in [2.24, 2.45) is 0 Å². The molecule has 1 nitrogen and oxygen atoms in total. The van der Waals surface area contributed by atoms with Crippen LogP contribution in [-0.2, 0) is 0 Å². The summed E-state index contributed by atoms with van der Waals surface area (Å²) in [6.07, 6.45) is 0. The van der Waals surface area contributed by atoms with Crippen LogP contribution in [-0.4, -0.2) is 4.98 Å². The van der Waals surface area contributed by atoms with E-state index in [1.807, 2.05) is 13.8 Å². The molecule has 1 heterocycles. The molecule has 0 saturated heterocycles. The molecule has 0 unspecified atom stereocenters. The first-order chi connectivity index (χ1) is 13.4. The number of hydrogen-bond donors (Lipinski definition) is 1. The van der Waals surface area contributed by atoms with Gasteiger partial charge in [0.15, 0.2) is 0 Å². The molecule has 0 aliphatic carbocycles. The Labute approximate surface area is 160 Å². The molecule has 0 radical (unpaired) electrons. The molecule has 27 heavy (non-hydrogen) atoms. The number of fused-ring (bicyclic) bond motifs is 3. The van der Waals surface area contributed by atoms with Gasteiger partial charge in [-0.25, -0.2) is 0 Å². The van der Waals surface area contributed by atoms with Crippen molar-refractivity contribution in [1.29, 1.82) is 0 Å². The van der Waals surface area contributed by atoms with Crippen LogP contribution < -0.4 is 0 Å². The number of aromatic nitrogens is 1. The van der Waals surface area contributed by atoms with E-state index < -0.39 is 0 Å². The molecular weight excluding hydrogens is 326 g/mol. The summed E-state index contributed by atoms with van der Waals surface area (Å²) in [7, 11) is 0. The van der Waals surface area contributed by atoms with Crippen molar-refractivity contribution in [3.8, 4) is 22.3 Å². The van der Waals surface area contributed by atoms with Gasteiger partial charge in [-0.2, -0.15) is 0 Å². The second-order valence-electron chi connectivity index (χ2n) is 6.35. The summed E-state index contributed by atoms with van der Waals surface area (Å²) in [5.74, 6) is 0. The Morgan fingerprint density at radius 2 is 1.19 bits per heavy atom. The zero-order chi connectivity index (χ0) is 18.6. The monoisotopic (exact) mass is 349 g/mol. The van der Waals surface area contributed by atoms with Crippen LogP contribution in [0.15, 0.2) is 97.1 Å². The lowest BCUT2D eigenvalue weighted by Gasteiger charge is -2.05. The predicted molar refractivity (Wildman–Crippen MR) is 118 cm³/mol. The van der Waals surface area contributed by atoms with Crippen LogP contribution in [0.2, 0.25) is 0 Å². The lowest BCUT2D eigenvalue weighted by molar-refractivity contribution is 1.50. The summed E-state index contributed by atoms with van der Waals surface area (Å²) in [5.41, 5.74) is 7.37. The van der Waals surface area contributed by atoms with Gasteiger partial charge in [0.1, 0.15) is 0 Å². The van der Waals surface area contributed by atoms with Crippen LogP contribution in [0.1, 0.15) is 13.8 Å². The van der Waals surface area contributed by atoms with E-state index in [9.17, 15) is 0 Å². The average molecular weight is 349 g/mol. The minimum absolute atomic E-state index is 1.18. The normalized spacial score (nSPS) is 10.6. The molecule has 0 atom stereocenters. The van der Waals surface area contributed by atoms with Gasteiger partial charge >= 0.3 is 0 Å². The maximum Gasteiger partial charge on any atom is 0.0471 e. The van der Waals surface area contributed by atoms with Gasteiger partial charge in [-0.05, 0) is 34.4 Å². The van der Waals surface area contributed by atoms with E-state index in [4.69, 9.17) is 0 Å². The van der Waals surface area contributed by atoms with Gasteiger partial charge in [0.05, 0.1) is 0 Å². The Morgan fingerprint density at radius 1 is 0.519 bits per heavy atom. The third-order valence-corrected chi connectivity index (χ3v) is 4.81. The number of nitrogens with one attached hydrogen (secondary N) is 1. The molecule has 5 aromatic rings. The van der Waals surface area contributed by atoms with Crippen molar-refractivity contribution in [3.63, 3.8) is 0 Å². The molecule has 1 aromatic heterocycles. The molecule has 0 spiro atoms. The van der Waals surface area contributed by atoms with Crippen molar-refractivity contribution in [2.45, 2.75) is 13.8 Å². The third kappa shape index (κ3) is 3.13. The maximum absolute atomic E-state index is 3.60. The Hall–Kier alpha value is -3.32. The van der Waals surface area contributed by atoms with Crippen LogP contribution in [0.5, 0.6) is 0 Å². The first-order valence-electron chi connectivity index (χ1n) is 9.55. The zero-order valence-electron chi connectivity index (χ0n) is 15.7. The fourth-order valence-electron chi connectivity index (χ4n) is 3.63. The van der Waals surface area contributed by atoms with Crippen molar-refractivity contribution in [1.82, 2.24) is 4.98 Å². The highest BCUT2D eigenvalue weighted by Crippen LogP contribution is 2.36. The molecule has 0 amide bonds. The van der Waals surface area contributed by atoms with Crippen LogP contribution >= 0.6 is 0 Å². The molecular formula is C26H23N. The quantitative estimate of drug-likeness (QED) is 0.336. The van der Waals surface area contributed by atoms with E-state index >= 15 is 0 Å². The van der Waals surface area contributed by atoms with Gasteiger partial charge in [0.25, 0.3) is 0 Å². The topological polar surface area (TPSA) is 15.8 Å². The largest absolute Gasteiger partial charge is 0.354 e. The second kappa shape index (κ2) is 7.51. The molecule has 132 valence electrons. The summed E-state index contributed by atoms with van der Waals surface area (Å²) in [5, 5.41) is 2.57. The zero-order valence-corrected chi connectivity index (χ0v) is 15.7. The summed E-state index contributed by atoms with van der Waals surface area (Å²) < 4.78 is 0. The fraction of sp³-hybridized carbons (Fsp3) is 0.0769. The highest BCUT2D eigenvalue weighted by molar-refractivity contribution is 6.14. The van der Waals surface area contributed by atoms with Crippen molar-refractivity contribution in [3.05, 3.63) is 97.1 Å². The first kappa shape index (κ1) is 17.1. The van der Waals surface area contributed by atoms with E-state index in [1.165, 1.54) is 44.1 Å². The Bertz CT molecular complexity index is 1170. The van der Waals surface area contributed by atoms with Gasteiger partial charge in [-0.1, -0.05) is 98.8 Å². The maximum atomic E-state index is 3.60. The molecule has 0 bridgehead atoms. The molecule has 4 aromatic carbocycles. The first-order valence-corrected chi connectivity index (χ1v) is 9.55. The SMILES string of the molecule is CC.c1ccc(-c2ccc3c(c2)[nH]c2cccc(-c4ccccc4)c23)cc1.